The molecule has 112 valence electrons. The van der Waals surface area contributed by atoms with Crippen molar-refractivity contribution in [1.82, 2.24) is 14.8 Å². The average Bonchev–Trinajstić information content (AvgIpc) is 2.82. The van der Waals surface area contributed by atoms with Gasteiger partial charge in [-0.05, 0) is 19.1 Å². The molecule has 2 aromatic heterocycles. The Hall–Kier alpha value is -2.89. The minimum atomic E-state index is -0.240. The predicted molar refractivity (Wildman–Crippen MR) is 83.8 cm³/mol. The highest BCUT2D eigenvalue weighted by molar-refractivity contribution is 5.91. The minimum absolute atomic E-state index is 0.0791. The summed E-state index contributed by atoms with van der Waals surface area (Å²) in [5.74, 6) is 0.967. The van der Waals surface area contributed by atoms with Gasteiger partial charge in [0.2, 0.25) is 0 Å². The number of carbonyl (C=O) groups is 1. The number of aromatic nitrogens is 3. The van der Waals surface area contributed by atoms with Crippen molar-refractivity contribution in [3.05, 3.63) is 48.3 Å². The van der Waals surface area contributed by atoms with Crippen LogP contribution >= 0.6 is 0 Å². The van der Waals surface area contributed by atoms with Crippen molar-refractivity contribution in [2.45, 2.75) is 6.92 Å². The number of anilines is 1. The van der Waals surface area contributed by atoms with Gasteiger partial charge in [0.25, 0.3) is 5.91 Å². The van der Waals surface area contributed by atoms with Gasteiger partial charge in [0.05, 0.1) is 17.4 Å². The first kappa shape index (κ1) is 14.1. The zero-order valence-electron chi connectivity index (χ0n) is 12.4. The number of aryl methyl sites for hydroxylation is 2. The molecule has 0 aliphatic heterocycles. The molecule has 0 bridgehead atoms. The maximum Gasteiger partial charge on any atom is 0.263 e. The van der Waals surface area contributed by atoms with Crippen LogP contribution in [0.15, 0.2) is 42.6 Å². The number of rotatable bonds is 4. The van der Waals surface area contributed by atoms with E-state index in [9.17, 15) is 4.79 Å². The SMILES string of the molecule is Cc1cc(NC(=O)COc2cnc3ccccc3c2)n(C)n1. The fourth-order valence-corrected chi connectivity index (χ4v) is 2.19. The van der Waals surface area contributed by atoms with Crippen LogP contribution in [0.3, 0.4) is 0 Å². The normalized spacial score (nSPS) is 10.6. The van der Waals surface area contributed by atoms with Gasteiger partial charge in [-0.2, -0.15) is 5.10 Å². The molecule has 6 nitrogen and oxygen atoms in total. The molecular formula is C16H16N4O2. The Balaban J connectivity index is 1.63. The van der Waals surface area contributed by atoms with E-state index in [1.165, 1.54) is 0 Å². The van der Waals surface area contributed by atoms with Crippen molar-refractivity contribution >= 4 is 22.6 Å². The van der Waals surface area contributed by atoms with Crippen LogP contribution in [0.2, 0.25) is 0 Å². The maximum atomic E-state index is 11.9. The molecule has 0 spiro atoms. The molecule has 0 atom stereocenters. The number of nitrogens with one attached hydrogen (secondary N) is 1. The molecule has 0 saturated heterocycles. The molecule has 1 amide bonds. The van der Waals surface area contributed by atoms with E-state index in [0.717, 1.165) is 16.6 Å². The predicted octanol–water partition coefficient (Wildman–Crippen LogP) is 2.29. The van der Waals surface area contributed by atoms with Crippen molar-refractivity contribution < 1.29 is 9.53 Å². The third kappa shape index (κ3) is 3.06. The molecule has 6 heteroatoms. The first-order chi connectivity index (χ1) is 10.6. The lowest BCUT2D eigenvalue weighted by molar-refractivity contribution is -0.118. The zero-order chi connectivity index (χ0) is 15.5. The van der Waals surface area contributed by atoms with Crippen LogP contribution < -0.4 is 10.1 Å². The highest BCUT2D eigenvalue weighted by atomic mass is 16.5. The smallest absolute Gasteiger partial charge is 0.263 e. The maximum absolute atomic E-state index is 11.9. The number of para-hydroxylation sites is 1. The van der Waals surface area contributed by atoms with Gasteiger partial charge in [-0.3, -0.25) is 14.5 Å². The Bertz CT molecular complexity index is 826. The summed E-state index contributed by atoms with van der Waals surface area (Å²) in [6.07, 6.45) is 1.61. The summed E-state index contributed by atoms with van der Waals surface area (Å²) in [7, 11) is 1.77. The Morgan fingerprint density at radius 3 is 2.91 bits per heavy atom. The number of benzene rings is 1. The topological polar surface area (TPSA) is 69.0 Å². The molecule has 0 unspecified atom stereocenters. The van der Waals surface area contributed by atoms with Crippen LogP contribution in [-0.4, -0.2) is 27.3 Å². The quantitative estimate of drug-likeness (QED) is 0.802. The third-order valence-electron chi connectivity index (χ3n) is 3.20. The van der Waals surface area contributed by atoms with E-state index in [0.29, 0.717) is 11.6 Å². The zero-order valence-corrected chi connectivity index (χ0v) is 12.4. The number of carbonyl (C=O) groups excluding carboxylic acids is 1. The van der Waals surface area contributed by atoms with Gasteiger partial charge < -0.3 is 10.1 Å². The summed E-state index contributed by atoms with van der Waals surface area (Å²) in [6, 6.07) is 11.4. The fourth-order valence-electron chi connectivity index (χ4n) is 2.19. The molecule has 3 aromatic rings. The van der Waals surface area contributed by atoms with Crippen molar-refractivity contribution in [3.63, 3.8) is 0 Å². The van der Waals surface area contributed by atoms with Gasteiger partial charge in [-0.1, -0.05) is 18.2 Å². The van der Waals surface area contributed by atoms with Crippen molar-refractivity contribution in [2.75, 3.05) is 11.9 Å². The second-order valence-corrected chi connectivity index (χ2v) is 5.00. The van der Waals surface area contributed by atoms with E-state index >= 15 is 0 Å². The fraction of sp³-hybridized carbons (Fsp3) is 0.188. The molecule has 0 fully saturated rings. The Morgan fingerprint density at radius 2 is 2.14 bits per heavy atom. The Morgan fingerprint density at radius 1 is 1.32 bits per heavy atom. The van der Waals surface area contributed by atoms with E-state index in [1.54, 1.807) is 24.0 Å². The van der Waals surface area contributed by atoms with Gasteiger partial charge in [0, 0.05) is 18.5 Å². The Labute approximate surface area is 127 Å². The van der Waals surface area contributed by atoms with Crippen molar-refractivity contribution in [2.24, 2.45) is 7.05 Å². The number of ether oxygens (including phenoxy) is 1. The number of hydrogen-bond acceptors (Lipinski definition) is 4. The molecular weight excluding hydrogens is 280 g/mol. The summed E-state index contributed by atoms with van der Waals surface area (Å²) in [4.78, 5) is 16.2. The number of amides is 1. The summed E-state index contributed by atoms with van der Waals surface area (Å²) in [6.45, 7) is 1.79. The summed E-state index contributed by atoms with van der Waals surface area (Å²) >= 11 is 0. The van der Waals surface area contributed by atoms with Crippen LogP contribution in [0.5, 0.6) is 5.75 Å². The lowest BCUT2D eigenvalue weighted by atomic mass is 10.2. The summed E-state index contributed by atoms with van der Waals surface area (Å²) < 4.78 is 7.11. The molecule has 0 aliphatic carbocycles. The van der Waals surface area contributed by atoms with E-state index in [2.05, 4.69) is 15.4 Å². The van der Waals surface area contributed by atoms with Gasteiger partial charge >= 0.3 is 0 Å². The van der Waals surface area contributed by atoms with Crippen LogP contribution in [0.4, 0.5) is 5.82 Å². The highest BCUT2D eigenvalue weighted by Crippen LogP contribution is 2.17. The molecule has 3 rings (SSSR count). The van der Waals surface area contributed by atoms with E-state index in [-0.39, 0.29) is 12.5 Å². The molecule has 0 saturated carbocycles. The number of fused-ring (bicyclic) bond motifs is 1. The average molecular weight is 296 g/mol. The molecule has 0 radical (unpaired) electrons. The molecule has 1 aromatic carbocycles. The second kappa shape index (κ2) is 5.85. The lowest BCUT2D eigenvalue weighted by Crippen LogP contribution is -2.21. The monoisotopic (exact) mass is 296 g/mol. The minimum Gasteiger partial charge on any atom is -0.482 e. The van der Waals surface area contributed by atoms with Gasteiger partial charge in [-0.25, -0.2) is 0 Å². The number of hydrogen-bond donors (Lipinski definition) is 1. The summed E-state index contributed by atoms with van der Waals surface area (Å²) in [5, 5.41) is 7.90. The largest absolute Gasteiger partial charge is 0.482 e. The lowest BCUT2D eigenvalue weighted by Gasteiger charge is -2.08. The van der Waals surface area contributed by atoms with Crippen LogP contribution in [0, 0.1) is 6.92 Å². The van der Waals surface area contributed by atoms with Crippen LogP contribution in [-0.2, 0) is 11.8 Å². The highest BCUT2D eigenvalue weighted by Gasteiger charge is 2.08. The first-order valence-electron chi connectivity index (χ1n) is 6.90. The first-order valence-corrected chi connectivity index (χ1v) is 6.90. The number of pyridine rings is 1. The summed E-state index contributed by atoms with van der Waals surface area (Å²) in [5.41, 5.74) is 1.74. The van der Waals surface area contributed by atoms with Gasteiger partial charge in [0.1, 0.15) is 11.6 Å². The standard InChI is InChI=1S/C16H16N4O2/c1-11-7-15(20(2)19-11)18-16(21)10-22-13-8-12-5-3-4-6-14(12)17-9-13/h3-9H,10H2,1-2H3,(H,18,21). The van der Waals surface area contributed by atoms with Crippen LogP contribution in [0.1, 0.15) is 5.69 Å². The second-order valence-electron chi connectivity index (χ2n) is 5.00. The Kier molecular flexibility index (Phi) is 3.74. The van der Waals surface area contributed by atoms with E-state index < -0.39 is 0 Å². The molecule has 22 heavy (non-hydrogen) atoms. The van der Waals surface area contributed by atoms with E-state index in [1.807, 2.05) is 37.3 Å². The van der Waals surface area contributed by atoms with Crippen molar-refractivity contribution in [1.29, 1.82) is 0 Å². The van der Waals surface area contributed by atoms with Gasteiger partial charge in [-0.15, -0.1) is 0 Å². The molecule has 0 aliphatic rings. The number of nitrogens with zero attached hydrogens (tertiary/aromatic N) is 3. The molecule has 2 heterocycles. The van der Waals surface area contributed by atoms with E-state index in [4.69, 9.17) is 4.74 Å². The van der Waals surface area contributed by atoms with Crippen molar-refractivity contribution in [3.8, 4) is 5.75 Å². The third-order valence-corrected chi connectivity index (χ3v) is 3.20. The molecule has 1 N–H and O–H groups in total. The van der Waals surface area contributed by atoms with Gasteiger partial charge in [0.15, 0.2) is 6.61 Å². The van der Waals surface area contributed by atoms with Crippen LogP contribution in [0.25, 0.3) is 10.9 Å².